The van der Waals surface area contributed by atoms with Crippen molar-refractivity contribution in [3.8, 4) is 0 Å². The molecule has 1 atom stereocenters. The number of nitrogens with zero attached hydrogens (tertiary/aromatic N) is 1. The molecule has 1 rings (SSSR count). The molecule has 2 nitrogen and oxygen atoms in total. The molecule has 1 aliphatic carbocycles. The minimum atomic E-state index is 0.449. The molecular weight excluding hydrogens is 196 g/mol. The Hall–Kier alpha value is -0.0800. The lowest BCUT2D eigenvalue weighted by Gasteiger charge is -2.33. The lowest BCUT2D eigenvalue weighted by Crippen LogP contribution is -2.41. The van der Waals surface area contributed by atoms with E-state index < -0.39 is 0 Å². The second-order valence-electron chi connectivity index (χ2n) is 5.91. The normalized spacial score (nSPS) is 20.1. The number of unbranched alkanes of at least 4 members (excludes halogenated alkanes) is 1. The van der Waals surface area contributed by atoms with E-state index >= 15 is 0 Å². The molecule has 1 aliphatic rings. The van der Waals surface area contributed by atoms with Crippen LogP contribution in [0.1, 0.15) is 52.9 Å². The van der Waals surface area contributed by atoms with Gasteiger partial charge in [-0.25, -0.2) is 0 Å². The van der Waals surface area contributed by atoms with Crippen molar-refractivity contribution in [1.82, 2.24) is 10.2 Å². The summed E-state index contributed by atoms with van der Waals surface area (Å²) in [4.78, 5) is 2.50. The zero-order valence-electron chi connectivity index (χ0n) is 11.7. The maximum atomic E-state index is 3.68. The largest absolute Gasteiger partial charge is 0.313 e. The van der Waals surface area contributed by atoms with Crippen molar-refractivity contribution in [2.45, 2.75) is 58.9 Å². The van der Waals surface area contributed by atoms with Gasteiger partial charge >= 0.3 is 0 Å². The fraction of sp³-hybridized carbons (Fsp3) is 1.00. The van der Waals surface area contributed by atoms with E-state index in [1.165, 1.54) is 51.7 Å². The van der Waals surface area contributed by atoms with E-state index in [1.54, 1.807) is 0 Å². The lowest BCUT2D eigenvalue weighted by atomic mass is 9.86. The van der Waals surface area contributed by atoms with Gasteiger partial charge in [0.15, 0.2) is 0 Å². The molecule has 0 aliphatic heterocycles. The zero-order chi connectivity index (χ0) is 12.0. The highest BCUT2D eigenvalue weighted by atomic mass is 15.1. The molecule has 0 bridgehead atoms. The van der Waals surface area contributed by atoms with Gasteiger partial charge in [0.1, 0.15) is 0 Å². The highest BCUT2D eigenvalue weighted by Crippen LogP contribution is 2.25. The minimum absolute atomic E-state index is 0.449. The molecular formula is C14H30N2. The third kappa shape index (κ3) is 5.31. The van der Waals surface area contributed by atoms with E-state index in [2.05, 4.69) is 38.0 Å². The van der Waals surface area contributed by atoms with Crippen LogP contribution in [-0.2, 0) is 0 Å². The standard InChI is InChI=1S/C14H30N2/c1-5-7-10-16(4)12-14(3,6-2)11-15-13-8-9-13/h13,15H,5-12H2,1-4H3. The average Bonchev–Trinajstić information content (AvgIpc) is 3.07. The van der Waals surface area contributed by atoms with Crippen molar-refractivity contribution in [2.24, 2.45) is 5.41 Å². The first-order chi connectivity index (χ1) is 7.59. The van der Waals surface area contributed by atoms with Crippen LogP contribution in [0.3, 0.4) is 0 Å². The molecule has 0 aromatic carbocycles. The Balaban J connectivity index is 2.25. The van der Waals surface area contributed by atoms with Crippen LogP contribution in [0.25, 0.3) is 0 Å². The number of hydrogen-bond donors (Lipinski definition) is 1. The molecule has 0 aromatic rings. The highest BCUT2D eigenvalue weighted by Gasteiger charge is 2.28. The number of hydrogen-bond acceptors (Lipinski definition) is 2. The Morgan fingerprint density at radius 1 is 1.31 bits per heavy atom. The van der Waals surface area contributed by atoms with E-state index in [9.17, 15) is 0 Å². The van der Waals surface area contributed by atoms with Gasteiger partial charge in [-0.15, -0.1) is 0 Å². The predicted molar refractivity (Wildman–Crippen MR) is 71.8 cm³/mol. The van der Waals surface area contributed by atoms with Gasteiger partial charge in [-0.05, 0) is 44.7 Å². The first-order valence-corrected chi connectivity index (χ1v) is 7.01. The summed E-state index contributed by atoms with van der Waals surface area (Å²) in [6.07, 6.45) is 6.68. The summed E-state index contributed by atoms with van der Waals surface area (Å²) in [5.41, 5.74) is 0.449. The first kappa shape index (κ1) is 14.0. The first-order valence-electron chi connectivity index (χ1n) is 7.01. The zero-order valence-corrected chi connectivity index (χ0v) is 11.7. The Labute approximate surface area is 102 Å². The Kier molecular flexibility index (Phi) is 5.77. The maximum Gasteiger partial charge on any atom is 0.00684 e. The Bertz CT molecular complexity index is 189. The van der Waals surface area contributed by atoms with E-state index in [0.29, 0.717) is 5.41 Å². The second kappa shape index (κ2) is 6.61. The summed E-state index contributed by atoms with van der Waals surface area (Å²) in [5, 5.41) is 3.68. The van der Waals surface area contributed by atoms with E-state index in [1.807, 2.05) is 0 Å². The van der Waals surface area contributed by atoms with E-state index in [4.69, 9.17) is 0 Å². The maximum absolute atomic E-state index is 3.68. The predicted octanol–water partition coefficient (Wildman–Crippen LogP) is 2.89. The Morgan fingerprint density at radius 3 is 2.50 bits per heavy atom. The molecule has 2 heteroatoms. The molecule has 0 saturated heterocycles. The summed E-state index contributed by atoms with van der Waals surface area (Å²) >= 11 is 0. The number of nitrogens with one attached hydrogen (secondary N) is 1. The van der Waals surface area contributed by atoms with Crippen LogP contribution in [0.4, 0.5) is 0 Å². The van der Waals surface area contributed by atoms with Crippen LogP contribution in [0.15, 0.2) is 0 Å². The van der Waals surface area contributed by atoms with Crippen LogP contribution < -0.4 is 5.32 Å². The summed E-state index contributed by atoms with van der Waals surface area (Å²) in [7, 11) is 2.26. The van der Waals surface area contributed by atoms with Crippen LogP contribution in [0, 0.1) is 5.41 Å². The van der Waals surface area contributed by atoms with Crippen molar-refractivity contribution >= 4 is 0 Å². The molecule has 0 aromatic heterocycles. The molecule has 1 saturated carbocycles. The van der Waals surface area contributed by atoms with Crippen LogP contribution in [0.2, 0.25) is 0 Å². The van der Waals surface area contributed by atoms with Crippen LogP contribution >= 0.6 is 0 Å². The number of rotatable bonds is 9. The monoisotopic (exact) mass is 226 g/mol. The molecule has 0 spiro atoms. The van der Waals surface area contributed by atoms with Crippen LogP contribution in [0.5, 0.6) is 0 Å². The fourth-order valence-electron chi connectivity index (χ4n) is 2.13. The SMILES string of the molecule is CCCCN(C)CC(C)(CC)CNC1CC1. The van der Waals surface area contributed by atoms with Crippen molar-refractivity contribution in [3.05, 3.63) is 0 Å². The lowest BCUT2D eigenvalue weighted by molar-refractivity contribution is 0.178. The highest BCUT2D eigenvalue weighted by molar-refractivity contribution is 4.86. The van der Waals surface area contributed by atoms with Gasteiger partial charge in [0.25, 0.3) is 0 Å². The smallest absolute Gasteiger partial charge is 0.00684 e. The molecule has 1 N–H and O–H groups in total. The summed E-state index contributed by atoms with van der Waals surface area (Å²) < 4.78 is 0. The fourth-order valence-corrected chi connectivity index (χ4v) is 2.13. The topological polar surface area (TPSA) is 15.3 Å². The van der Waals surface area contributed by atoms with Gasteiger partial charge in [-0.1, -0.05) is 27.2 Å². The molecule has 1 unspecified atom stereocenters. The summed E-state index contributed by atoms with van der Waals surface area (Å²) in [5.74, 6) is 0. The van der Waals surface area contributed by atoms with Crippen molar-refractivity contribution in [1.29, 1.82) is 0 Å². The summed E-state index contributed by atoms with van der Waals surface area (Å²) in [6, 6.07) is 0.840. The Morgan fingerprint density at radius 2 is 2.00 bits per heavy atom. The molecule has 1 fully saturated rings. The van der Waals surface area contributed by atoms with Gasteiger partial charge < -0.3 is 10.2 Å². The van der Waals surface area contributed by atoms with Gasteiger partial charge in [-0.3, -0.25) is 0 Å². The van der Waals surface area contributed by atoms with E-state index in [-0.39, 0.29) is 0 Å². The van der Waals surface area contributed by atoms with Gasteiger partial charge in [0.05, 0.1) is 0 Å². The van der Waals surface area contributed by atoms with Crippen molar-refractivity contribution < 1.29 is 0 Å². The van der Waals surface area contributed by atoms with Gasteiger partial charge in [0.2, 0.25) is 0 Å². The molecule has 16 heavy (non-hydrogen) atoms. The second-order valence-corrected chi connectivity index (χ2v) is 5.91. The molecule has 96 valence electrons. The molecule has 0 heterocycles. The molecule has 0 amide bonds. The average molecular weight is 226 g/mol. The van der Waals surface area contributed by atoms with Crippen molar-refractivity contribution in [3.63, 3.8) is 0 Å². The molecule has 0 radical (unpaired) electrons. The summed E-state index contributed by atoms with van der Waals surface area (Å²) in [6.45, 7) is 10.7. The third-order valence-corrected chi connectivity index (χ3v) is 3.79. The van der Waals surface area contributed by atoms with Gasteiger partial charge in [-0.2, -0.15) is 0 Å². The van der Waals surface area contributed by atoms with E-state index in [0.717, 1.165) is 6.04 Å². The minimum Gasteiger partial charge on any atom is -0.313 e. The van der Waals surface area contributed by atoms with Crippen molar-refractivity contribution in [2.75, 3.05) is 26.7 Å². The third-order valence-electron chi connectivity index (χ3n) is 3.79. The van der Waals surface area contributed by atoms with Crippen LogP contribution in [-0.4, -0.2) is 37.6 Å². The van der Waals surface area contributed by atoms with Gasteiger partial charge in [0, 0.05) is 19.1 Å². The quantitative estimate of drug-likeness (QED) is 0.650.